The summed E-state index contributed by atoms with van der Waals surface area (Å²) in [5.41, 5.74) is 0.184. The molecule has 368 valence electrons. The summed E-state index contributed by atoms with van der Waals surface area (Å²) >= 11 is 0. The summed E-state index contributed by atoms with van der Waals surface area (Å²) < 4.78 is 12.1. The van der Waals surface area contributed by atoms with Gasteiger partial charge in [0.15, 0.2) is 0 Å². The van der Waals surface area contributed by atoms with Crippen LogP contribution in [0.25, 0.3) is 0 Å². The molecule has 0 saturated carbocycles. The molecule has 16 nitrogen and oxygen atoms in total. The van der Waals surface area contributed by atoms with Gasteiger partial charge in [0.2, 0.25) is 29.5 Å². The van der Waals surface area contributed by atoms with Crippen molar-refractivity contribution >= 4 is 41.4 Å². The number of unbranched alkanes of at least 4 members (excludes halogenated alkanes) is 3. The molecule has 4 rings (SSSR count). The quantitative estimate of drug-likeness (QED) is 0.0911. The van der Waals surface area contributed by atoms with Crippen molar-refractivity contribution in [2.24, 2.45) is 17.8 Å². The Hall–Kier alpha value is -4.67. The van der Waals surface area contributed by atoms with Gasteiger partial charge in [-0.25, -0.2) is 0 Å². The van der Waals surface area contributed by atoms with E-state index >= 15 is 0 Å². The second kappa shape index (κ2) is 25.5. The smallest absolute Gasteiger partial charge is 0.253 e. The maximum absolute atomic E-state index is 14.4. The van der Waals surface area contributed by atoms with E-state index in [0.717, 1.165) is 37.8 Å². The summed E-state index contributed by atoms with van der Waals surface area (Å²) in [4.78, 5) is 101. The molecule has 16 heteroatoms. The first-order valence-corrected chi connectivity index (χ1v) is 24.2. The van der Waals surface area contributed by atoms with Crippen LogP contribution >= 0.6 is 0 Å². The molecule has 66 heavy (non-hydrogen) atoms. The van der Waals surface area contributed by atoms with Crippen molar-refractivity contribution in [3.05, 3.63) is 48.0 Å². The molecule has 0 spiro atoms. The van der Waals surface area contributed by atoms with Crippen LogP contribution in [0.3, 0.4) is 0 Å². The van der Waals surface area contributed by atoms with Crippen molar-refractivity contribution < 1.29 is 43.0 Å². The first-order valence-electron chi connectivity index (χ1n) is 24.2. The minimum atomic E-state index is -0.865. The van der Waals surface area contributed by atoms with Crippen LogP contribution < -0.4 is 16.0 Å². The van der Waals surface area contributed by atoms with Crippen molar-refractivity contribution in [2.45, 2.75) is 154 Å². The van der Waals surface area contributed by atoms with Crippen LogP contribution in [-0.4, -0.2) is 157 Å². The van der Waals surface area contributed by atoms with Gasteiger partial charge in [-0.3, -0.25) is 43.4 Å². The Morgan fingerprint density at radius 3 is 2.14 bits per heavy atom. The third kappa shape index (κ3) is 13.7. The Balaban J connectivity index is 1.40. The number of hydrogen-bond donors (Lipinski definition) is 3. The highest BCUT2D eigenvalue weighted by molar-refractivity contribution is 6.12. The van der Waals surface area contributed by atoms with Crippen LogP contribution in [0.5, 0.6) is 0 Å². The number of likely N-dealkylation sites (tertiary alicyclic amines) is 2. The molecule has 0 aliphatic carbocycles. The molecule has 3 N–H and O–H groups in total. The van der Waals surface area contributed by atoms with Crippen molar-refractivity contribution in [1.82, 2.24) is 35.6 Å². The minimum absolute atomic E-state index is 0.00714. The van der Waals surface area contributed by atoms with Crippen molar-refractivity contribution in [2.75, 3.05) is 54.5 Å². The predicted molar refractivity (Wildman–Crippen MR) is 253 cm³/mol. The van der Waals surface area contributed by atoms with Gasteiger partial charge in [-0.2, -0.15) is 0 Å². The summed E-state index contributed by atoms with van der Waals surface area (Å²) in [5, 5.41) is 9.07. The number of benzene rings is 1. The predicted octanol–water partition coefficient (Wildman–Crippen LogP) is 3.86. The fraction of sp³-hybridized carbons (Fsp3) is 0.700. The Labute approximate surface area is 393 Å². The van der Waals surface area contributed by atoms with Gasteiger partial charge in [0.1, 0.15) is 12.1 Å². The number of amides is 7. The topological polar surface area (TPSA) is 187 Å². The SMILES string of the molecule is CCC(C)C(C(CC(=O)N1CCCC1C(OC)C(C)C(=O)NC(Cc1ccccc1)C(=O)NCCCCCCN1C(=O)C=CC1=O)OC)N(C)C(=O)C(NC(=O)C1(C)CCCN1C)C(C)C. The number of carbonyl (C=O) groups is 7. The minimum Gasteiger partial charge on any atom is -0.379 e. The highest BCUT2D eigenvalue weighted by atomic mass is 16.5. The number of carbonyl (C=O) groups excluding carboxylic acids is 7. The summed E-state index contributed by atoms with van der Waals surface area (Å²) in [6.45, 7) is 13.6. The lowest BCUT2D eigenvalue weighted by Crippen LogP contribution is -2.61. The molecule has 1 aromatic rings. The van der Waals surface area contributed by atoms with E-state index in [1.165, 1.54) is 24.2 Å². The number of methoxy groups -OCH3 is 2. The third-order valence-corrected chi connectivity index (χ3v) is 14.4. The Morgan fingerprint density at radius 2 is 1.55 bits per heavy atom. The molecule has 7 amide bonds. The Bertz CT molecular complexity index is 1830. The van der Waals surface area contributed by atoms with E-state index in [-0.39, 0.29) is 66.0 Å². The van der Waals surface area contributed by atoms with E-state index in [9.17, 15) is 33.6 Å². The molecule has 0 aromatic heterocycles. The first-order chi connectivity index (χ1) is 31.4. The monoisotopic (exact) mass is 922 g/mol. The fourth-order valence-electron chi connectivity index (χ4n) is 9.82. The van der Waals surface area contributed by atoms with Gasteiger partial charge in [0.05, 0.1) is 42.2 Å². The van der Waals surface area contributed by atoms with Crippen LogP contribution in [0.2, 0.25) is 0 Å². The molecule has 9 atom stereocenters. The number of hydrogen-bond acceptors (Lipinski definition) is 10. The van der Waals surface area contributed by atoms with Gasteiger partial charge < -0.3 is 35.2 Å². The summed E-state index contributed by atoms with van der Waals surface area (Å²) in [5.74, 6) is -2.80. The fourth-order valence-corrected chi connectivity index (χ4v) is 9.82. The van der Waals surface area contributed by atoms with Crippen LogP contribution in [0.15, 0.2) is 42.5 Å². The number of nitrogens with one attached hydrogen (secondary N) is 3. The van der Waals surface area contributed by atoms with E-state index in [4.69, 9.17) is 9.47 Å². The molecule has 2 saturated heterocycles. The highest BCUT2D eigenvalue weighted by Gasteiger charge is 2.45. The van der Waals surface area contributed by atoms with Gasteiger partial charge in [-0.1, -0.05) is 84.2 Å². The molecule has 1 aromatic carbocycles. The maximum atomic E-state index is 14.4. The first kappa shape index (κ1) is 53.9. The van der Waals surface area contributed by atoms with E-state index in [0.29, 0.717) is 51.7 Å². The zero-order valence-electron chi connectivity index (χ0n) is 41.3. The lowest BCUT2D eigenvalue weighted by Gasteiger charge is -2.41. The Morgan fingerprint density at radius 1 is 0.879 bits per heavy atom. The van der Waals surface area contributed by atoms with Gasteiger partial charge in [-0.05, 0) is 76.4 Å². The van der Waals surface area contributed by atoms with Crippen molar-refractivity contribution in [3.63, 3.8) is 0 Å². The summed E-state index contributed by atoms with van der Waals surface area (Å²) in [6.07, 6.45) is 8.09. The van der Waals surface area contributed by atoms with Crippen LogP contribution in [0, 0.1) is 17.8 Å². The molecule has 9 unspecified atom stereocenters. The number of rotatable bonds is 26. The average molecular weight is 922 g/mol. The molecule has 3 aliphatic rings. The van der Waals surface area contributed by atoms with Crippen LogP contribution in [0.4, 0.5) is 0 Å². The molecule has 3 aliphatic heterocycles. The van der Waals surface area contributed by atoms with Crippen molar-refractivity contribution in [3.8, 4) is 0 Å². The average Bonchev–Trinajstić information content (AvgIpc) is 4.02. The number of imide groups is 1. The van der Waals surface area contributed by atoms with Gasteiger partial charge in [-0.15, -0.1) is 0 Å². The maximum Gasteiger partial charge on any atom is 0.253 e. The van der Waals surface area contributed by atoms with Crippen molar-refractivity contribution in [1.29, 1.82) is 0 Å². The second-order valence-corrected chi connectivity index (χ2v) is 19.2. The molecular weight excluding hydrogens is 843 g/mol. The van der Waals surface area contributed by atoms with Crippen LogP contribution in [-0.2, 0) is 49.5 Å². The highest BCUT2D eigenvalue weighted by Crippen LogP contribution is 2.31. The second-order valence-electron chi connectivity index (χ2n) is 19.2. The molecular formula is C50H79N7O9. The van der Waals surface area contributed by atoms with E-state index in [1.807, 2.05) is 76.9 Å². The number of ether oxygens (including phenoxy) is 2. The van der Waals surface area contributed by atoms with E-state index in [1.54, 1.807) is 30.9 Å². The van der Waals surface area contributed by atoms with Gasteiger partial charge in [0.25, 0.3) is 11.8 Å². The van der Waals surface area contributed by atoms with Gasteiger partial charge >= 0.3 is 0 Å². The molecule has 2 fully saturated rings. The normalized spacial score (nSPS) is 21.9. The molecule has 0 radical (unpaired) electrons. The zero-order valence-corrected chi connectivity index (χ0v) is 41.3. The third-order valence-electron chi connectivity index (χ3n) is 14.4. The largest absolute Gasteiger partial charge is 0.379 e. The van der Waals surface area contributed by atoms with E-state index < -0.39 is 47.8 Å². The van der Waals surface area contributed by atoms with Gasteiger partial charge in [0, 0.05) is 59.5 Å². The van der Waals surface area contributed by atoms with E-state index in [2.05, 4.69) is 16.0 Å². The Kier molecular flexibility index (Phi) is 20.8. The standard InChI is InChI=1S/C50H79N7O9/c1-11-34(4)44(55(8)48(63)43(33(2)3)53-49(64)50(6)26-20-28-54(50)7)39(65-9)32-42(60)56-30-19-23-38(56)45(66-10)35(5)46(61)52-37(31-36-21-15-14-16-22-36)47(62)51-27-17-12-13-18-29-57-40(58)24-25-41(57)59/h14-16,21-22,24-25,33-35,37-39,43-45H,11-13,17-20,23,26-32H2,1-10H3,(H,51,62)(H,52,61)(H,53,64). The van der Waals surface area contributed by atoms with Crippen LogP contribution in [0.1, 0.15) is 111 Å². The summed E-state index contributed by atoms with van der Waals surface area (Å²) in [7, 11) is 6.76. The lowest BCUT2D eigenvalue weighted by molar-refractivity contribution is -0.148. The number of nitrogens with zero attached hydrogens (tertiary/aromatic N) is 4. The molecule has 3 heterocycles. The number of likely N-dealkylation sites (N-methyl/N-ethyl adjacent to an activating group) is 2. The summed E-state index contributed by atoms with van der Waals surface area (Å²) in [6, 6.07) is 6.94. The lowest BCUT2D eigenvalue weighted by atomic mass is 9.89. The zero-order chi connectivity index (χ0) is 48.7. The molecule has 0 bridgehead atoms.